The van der Waals surface area contributed by atoms with Crippen LogP contribution < -0.4 is 5.32 Å². The Morgan fingerprint density at radius 1 is 1.36 bits per heavy atom. The molecule has 1 unspecified atom stereocenters. The second-order valence-electron chi connectivity index (χ2n) is 6.14. The Bertz CT molecular complexity index is 851. The summed E-state index contributed by atoms with van der Waals surface area (Å²) < 4.78 is 47.7. The molecule has 150 valence electrons. The van der Waals surface area contributed by atoms with Crippen LogP contribution >= 0.6 is 0 Å². The Kier molecular flexibility index (Phi) is 5.63. The molecule has 1 aliphatic heterocycles. The fourth-order valence-corrected chi connectivity index (χ4v) is 2.83. The lowest BCUT2D eigenvalue weighted by Gasteiger charge is -2.33. The van der Waals surface area contributed by atoms with Crippen molar-refractivity contribution in [1.29, 1.82) is 0 Å². The third-order valence-electron chi connectivity index (χ3n) is 4.31. The third-order valence-corrected chi connectivity index (χ3v) is 4.31. The maximum Gasteiger partial charge on any atom is 0.416 e. The highest BCUT2D eigenvalue weighted by Gasteiger charge is 2.33. The average Bonchev–Trinajstić information content (AvgIpc) is 3.12. The van der Waals surface area contributed by atoms with Gasteiger partial charge in [0.25, 0.3) is 0 Å². The molecule has 1 fully saturated rings. The first-order chi connectivity index (χ1) is 13.3. The highest BCUT2D eigenvalue weighted by Crippen LogP contribution is 2.30. The number of aromatic nitrogens is 2. The number of alkyl halides is 3. The Hall–Kier alpha value is -2.95. The average molecular weight is 398 g/mol. The molecule has 1 aromatic heterocycles. The van der Waals surface area contributed by atoms with E-state index in [0.717, 1.165) is 12.1 Å². The normalized spacial score (nSPS) is 18.0. The molecule has 1 N–H and O–H groups in total. The van der Waals surface area contributed by atoms with Gasteiger partial charge >= 0.3 is 12.1 Å². The molecular weight excluding hydrogens is 381 g/mol. The number of hydrogen-bond acceptors (Lipinski definition) is 7. The maximum atomic E-state index is 12.7. The molecule has 1 aromatic carbocycles. The minimum Gasteiger partial charge on any atom is -0.469 e. The number of hydrogen-bond donors (Lipinski definition) is 1. The fraction of sp³-hybridized carbons (Fsp3) is 0.412. The van der Waals surface area contributed by atoms with Crippen LogP contribution in [0.15, 0.2) is 28.8 Å². The number of nitrogens with one attached hydrogen (secondary N) is 1. The molecule has 1 aliphatic rings. The van der Waals surface area contributed by atoms with E-state index in [4.69, 9.17) is 4.52 Å². The molecule has 0 spiro atoms. The SMILES string of the molecule is COC(=O)CC1C(=O)NCCN1Cc1nc(-c2ccc(C(F)(F)F)cc2)no1. The van der Waals surface area contributed by atoms with Gasteiger partial charge in [-0.25, -0.2) is 0 Å². The van der Waals surface area contributed by atoms with E-state index in [-0.39, 0.29) is 30.6 Å². The molecule has 11 heteroatoms. The van der Waals surface area contributed by atoms with Crippen LogP contribution in [0.2, 0.25) is 0 Å². The second kappa shape index (κ2) is 7.97. The van der Waals surface area contributed by atoms with Gasteiger partial charge in [0.05, 0.1) is 25.6 Å². The molecule has 0 aliphatic carbocycles. The Morgan fingerprint density at radius 3 is 2.71 bits per heavy atom. The number of methoxy groups -OCH3 is 1. The zero-order valence-electron chi connectivity index (χ0n) is 14.8. The molecule has 0 saturated carbocycles. The number of carbonyl (C=O) groups is 2. The molecule has 2 heterocycles. The number of rotatable bonds is 5. The first kappa shape index (κ1) is 19.8. The van der Waals surface area contributed by atoms with Crippen molar-refractivity contribution in [3.8, 4) is 11.4 Å². The number of piperazine rings is 1. The highest BCUT2D eigenvalue weighted by molar-refractivity contribution is 5.87. The van der Waals surface area contributed by atoms with Gasteiger partial charge in [-0.15, -0.1) is 0 Å². The van der Waals surface area contributed by atoms with E-state index in [0.29, 0.717) is 18.7 Å². The van der Waals surface area contributed by atoms with E-state index in [1.165, 1.54) is 19.2 Å². The monoisotopic (exact) mass is 398 g/mol. The van der Waals surface area contributed by atoms with Gasteiger partial charge in [-0.05, 0) is 12.1 Å². The standard InChI is InChI=1S/C17H17F3N4O4/c1-27-14(25)8-12-16(26)21-6-7-24(12)9-13-22-15(23-28-13)10-2-4-11(5-3-10)17(18,19)20/h2-5,12H,6-9H2,1H3,(H,21,26). The summed E-state index contributed by atoms with van der Waals surface area (Å²) in [5, 5.41) is 6.46. The lowest BCUT2D eigenvalue weighted by Crippen LogP contribution is -2.55. The number of halogens is 3. The van der Waals surface area contributed by atoms with Crippen molar-refractivity contribution in [1.82, 2.24) is 20.4 Å². The predicted molar refractivity (Wildman–Crippen MR) is 88.6 cm³/mol. The van der Waals surface area contributed by atoms with Gasteiger partial charge in [0.2, 0.25) is 17.6 Å². The number of amides is 1. The highest BCUT2D eigenvalue weighted by atomic mass is 19.4. The maximum absolute atomic E-state index is 12.7. The summed E-state index contributed by atoms with van der Waals surface area (Å²) in [6.45, 7) is 0.977. The summed E-state index contributed by atoms with van der Waals surface area (Å²) in [6, 6.07) is 3.65. The fourth-order valence-electron chi connectivity index (χ4n) is 2.83. The van der Waals surface area contributed by atoms with Crippen molar-refractivity contribution in [3.05, 3.63) is 35.7 Å². The largest absolute Gasteiger partial charge is 0.469 e. The summed E-state index contributed by atoms with van der Waals surface area (Å²) >= 11 is 0. The first-order valence-electron chi connectivity index (χ1n) is 8.36. The minimum atomic E-state index is -4.43. The van der Waals surface area contributed by atoms with Crippen molar-refractivity contribution in [2.75, 3.05) is 20.2 Å². The van der Waals surface area contributed by atoms with E-state index >= 15 is 0 Å². The summed E-state index contributed by atoms with van der Waals surface area (Å²) in [5.74, 6) is -0.517. The number of benzene rings is 1. The van der Waals surface area contributed by atoms with Crippen LogP contribution in [-0.4, -0.2) is 53.2 Å². The molecule has 8 nitrogen and oxygen atoms in total. The summed E-state index contributed by atoms with van der Waals surface area (Å²) in [7, 11) is 1.24. The van der Waals surface area contributed by atoms with Crippen molar-refractivity contribution >= 4 is 11.9 Å². The van der Waals surface area contributed by atoms with Gasteiger partial charge in [-0.3, -0.25) is 14.5 Å². The van der Waals surface area contributed by atoms with Crippen molar-refractivity contribution in [2.45, 2.75) is 25.2 Å². The first-order valence-corrected chi connectivity index (χ1v) is 8.36. The quantitative estimate of drug-likeness (QED) is 0.765. The van der Waals surface area contributed by atoms with Crippen LogP contribution in [0.1, 0.15) is 17.9 Å². The number of esters is 1. The van der Waals surface area contributed by atoms with Gasteiger partial charge in [-0.2, -0.15) is 18.2 Å². The topological polar surface area (TPSA) is 97.6 Å². The zero-order valence-corrected chi connectivity index (χ0v) is 14.8. The van der Waals surface area contributed by atoms with Gasteiger partial charge in [0, 0.05) is 18.7 Å². The Balaban J connectivity index is 1.72. The van der Waals surface area contributed by atoms with Crippen LogP contribution in [-0.2, 0) is 27.0 Å². The van der Waals surface area contributed by atoms with Crippen LogP contribution in [0.4, 0.5) is 13.2 Å². The smallest absolute Gasteiger partial charge is 0.416 e. The lowest BCUT2D eigenvalue weighted by molar-refractivity contribution is -0.146. The van der Waals surface area contributed by atoms with Crippen molar-refractivity contribution < 1.29 is 32.0 Å². The van der Waals surface area contributed by atoms with E-state index in [1.54, 1.807) is 4.90 Å². The van der Waals surface area contributed by atoms with E-state index in [9.17, 15) is 22.8 Å². The van der Waals surface area contributed by atoms with E-state index < -0.39 is 23.8 Å². The molecular formula is C17H17F3N4O4. The molecule has 0 radical (unpaired) electrons. The van der Waals surface area contributed by atoms with Crippen molar-refractivity contribution in [2.24, 2.45) is 0 Å². The molecule has 0 bridgehead atoms. The van der Waals surface area contributed by atoms with Crippen LogP contribution in [0.5, 0.6) is 0 Å². The Labute approximate surface area is 157 Å². The molecule has 3 rings (SSSR count). The number of nitrogens with zero attached hydrogens (tertiary/aromatic N) is 3. The molecule has 2 aromatic rings. The predicted octanol–water partition coefficient (Wildman–Crippen LogP) is 1.62. The number of ether oxygens (including phenoxy) is 1. The number of carbonyl (C=O) groups excluding carboxylic acids is 2. The summed E-state index contributed by atoms with van der Waals surface area (Å²) in [6.07, 6.45) is -4.55. The van der Waals surface area contributed by atoms with E-state index in [1.807, 2.05) is 0 Å². The van der Waals surface area contributed by atoms with Gasteiger partial charge in [0.1, 0.15) is 6.04 Å². The summed E-state index contributed by atoms with van der Waals surface area (Å²) in [5.41, 5.74) is -0.407. The molecule has 1 saturated heterocycles. The van der Waals surface area contributed by atoms with Crippen LogP contribution in [0, 0.1) is 0 Å². The Morgan fingerprint density at radius 2 is 2.07 bits per heavy atom. The van der Waals surface area contributed by atoms with E-state index in [2.05, 4.69) is 20.2 Å². The zero-order chi connectivity index (χ0) is 20.3. The summed E-state index contributed by atoms with van der Waals surface area (Å²) in [4.78, 5) is 29.5. The van der Waals surface area contributed by atoms with Gasteiger partial charge < -0.3 is 14.6 Å². The lowest BCUT2D eigenvalue weighted by atomic mass is 10.1. The van der Waals surface area contributed by atoms with Gasteiger partial charge in [0.15, 0.2) is 0 Å². The van der Waals surface area contributed by atoms with Crippen LogP contribution in [0.25, 0.3) is 11.4 Å². The second-order valence-corrected chi connectivity index (χ2v) is 6.14. The minimum absolute atomic E-state index is 0.114. The molecule has 1 atom stereocenters. The van der Waals surface area contributed by atoms with Gasteiger partial charge in [-0.1, -0.05) is 17.3 Å². The van der Waals surface area contributed by atoms with Crippen molar-refractivity contribution in [3.63, 3.8) is 0 Å². The third kappa shape index (κ3) is 4.47. The molecule has 1 amide bonds. The molecule has 28 heavy (non-hydrogen) atoms. The van der Waals surface area contributed by atoms with Crippen LogP contribution in [0.3, 0.4) is 0 Å².